The van der Waals surface area contributed by atoms with Crippen molar-refractivity contribution in [1.82, 2.24) is 4.90 Å². The van der Waals surface area contributed by atoms with E-state index in [0.29, 0.717) is 25.9 Å². The van der Waals surface area contributed by atoms with Gasteiger partial charge in [0, 0.05) is 11.0 Å². The molecule has 0 amide bonds. The molecule has 1 aliphatic heterocycles. The highest BCUT2D eigenvalue weighted by molar-refractivity contribution is 5.85. The van der Waals surface area contributed by atoms with E-state index < -0.39 is 11.3 Å². The number of benzene rings is 1. The van der Waals surface area contributed by atoms with Crippen LogP contribution in [0.4, 0.5) is 8.78 Å². The van der Waals surface area contributed by atoms with Crippen LogP contribution < -0.4 is 5.73 Å². The molecular weight excluding hydrogens is 276 g/mol. The molecule has 21 heavy (non-hydrogen) atoms. The Kier molecular flexibility index (Phi) is 4.46. The maximum Gasteiger partial charge on any atom is 0.285 e. The van der Waals surface area contributed by atoms with E-state index in [4.69, 9.17) is 10.9 Å². The standard InChI is InChI=1S/C15H21F2N3O/c1-14(13(18)19-21)7-9-20(10-8-14)11-15(16,17)12-5-3-2-4-6-12/h2-6,21H,7-11H2,1H3,(H2,18,19). The van der Waals surface area contributed by atoms with Crippen LogP contribution in [0.2, 0.25) is 0 Å². The minimum atomic E-state index is -2.87. The van der Waals surface area contributed by atoms with Crippen LogP contribution in [-0.4, -0.2) is 35.6 Å². The van der Waals surface area contributed by atoms with Gasteiger partial charge in [0.1, 0.15) is 5.84 Å². The van der Waals surface area contributed by atoms with Gasteiger partial charge in [0.15, 0.2) is 0 Å². The first-order chi connectivity index (χ1) is 9.87. The maximum absolute atomic E-state index is 14.2. The van der Waals surface area contributed by atoms with Gasteiger partial charge in [-0.1, -0.05) is 42.4 Å². The SMILES string of the molecule is CC1(/C(N)=N/O)CCN(CC(F)(F)c2ccccc2)CC1. The predicted molar refractivity (Wildman–Crippen MR) is 77.5 cm³/mol. The first-order valence-corrected chi connectivity index (χ1v) is 7.01. The zero-order valence-corrected chi connectivity index (χ0v) is 12.1. The smallest absolute Gasteiger partial charge is 0.285 e. The lowest BCUT2D eigenvalue weighted by molar-refractivity contribution is -0.0463. The molecule has 0 radical (unpaired) electrons. The zero-order chi connectivity index (χ0) is 15.5. The molecule has 2 rings (SSSR count). The number of oxime groups is 1. The van der Waals surface area contributed by atoms with Gasteiger partial charge in [0.05, 0.1) is 6.54 Å². The fourth-order valence-electron chi connectivity index (χ4n) is 2.64. The summed E-state index contributed by atoms with van der Waals surface area (Å²) in [6, 6.07) is 7.86. The Hall–Kier alpha value is -1.69. The van der Waals surface area contributed by atoms with E-state index in [1.807, 2.05) is 6.92 Å². The average molecular weight is 297 g/mol. The number of piperidine rings is 1. The number of halogens is 2. The Morgan fingerprint density at radius 2 is 1.90 bits per heavy atom. The lowest BCUT2D eigenvalue weighted by atomic mass is 9.79. The van der Waals surface area contributed by atoms with Crippen LogP contribution in [0.5, 0.6) is 0 Å². The molecule has 4 nitrogen and oxygen atoms in total. The molecule has 1 saturated heterocycles. The Labute approximate surface area is 123 Å². The fourth-order valence-corrected chi connectivity index (χ4v) is 2.64. The molecule has 3 N–H and O–H groups in total. The molecule has 0 aliphatic carbocycles. The van der Waals surface area contributed by atoms with E-state index in [2.05, 4.69) is 5.16 Å². The number of amidine groups is 1. The van der Waals surface area contributed by atoms with Crippen LogP contribution in [0, 0.1) is 5.41 Å². The van der Waals surface area contributed by atoms with Gasteiger partial charge in [0.25, 0.3) is 5.92 Å². The normalized spacial score (nSPS) is 20.4. The lowest BCUT2D eigenvalue weighted by Gasteiger charge is -2.39. The second-order valence-electron chi connectivity index (χ2n) is 5.89. The number of alkyl halides is 2. The molecule has 0 atom stereocenters. The largest absolute Gasteiger partial charge is 0.409 e. The molecule has 1 heterocycles. The van der Waals surface area contributed by atoms with Crippen molar-refractivity contribution in [1.29, 1.82) is 0 Å². The van der Waals surface area contributed by atoms with E-state index in [-0.39, 0.29) is 17.9 Å². The topological polar surface area (TPSA) is 61.9 Å². The lowest BCUT2D eigenvalue weighted by Crippen LogP contribution is -2.48. The van der Waals surface area contributed by atoms with Gasteiger partial charge >= 0.3 is 0 Å². The molecule has 1 aliphatic rings. The number of nitrogens with zero attached hydrogens (tertiary/aromatic N) is 2. The molecule has 1 aromatic carbocycles. The fraction of sp³-hybridized carbons (Fsp3) is 0.533. The summed E-state index contributed by atoms with van der Waals surface area (Å²) < 4.78 is 28.5. The summed E-state index contributed by atoms with van der Waals surface area (Å²) in [6.45, 7) is 2.61. The summed E-state index contributed by atoms with van der Waals surface area (Å²) in [5, 5.41) is 11.8. The highest BCUT2D eigenvalue weighted by Gasteiger charge is 2.39. The van der Waals surface area contributed by atoms with Crippen molar-refractivity contribution in [2.24, 2.45) is 16.3 Å². The molecule has 1 fully saturated rings. The number of likely N-dealkylation sites (tertiary alicyclic amines) is 1. The Morgan fingerprint density at radius 3 is 2.43 bits per heavy atom. The monoisotopic (exact) mass is 297 g/mol. The molecule has 1 aromatic rings. The van der Waals surface area contributed by atoms with Gasteiger partial charge in [0.2, 0.25) is 0 Å². The Morgan fingerprint density at radius 1 is 1.33 bits per heavy atom. The molecule has 0 saturated carbocycles. The third-order valence-corrected chi connectivity index (χ3v) is 4.30. The molecular formula is C15H21F2N3O. The number of hydrogen-bond donors (Lipinski definition) is 2. The summed E-state index contributed by atoms with van der Waals surface area (Å²) in [4.78, 5) is 1.74. The first-order valence-electron chi connectivity index (χ1n) is 7.01. The van der Waals surface area contributed by atoms with Gasteiger partial charge in [-0.15, -0.1) is 0 Å². The second kappa shape index (κ2) is 5.97. The van der Waals surface area contributed by atoms with E-state index in [9.17, 15) is 8.78 Å². The van der Waals surface area contributed by atoms with Crippen molar-refractivity contribution in [3.8, 4) is 0 Å². The Balaban J connectivity index is 1.98. The summed E-state index contributed by atoms with van der Waals surface area (Å²) in [5.41, 5.74) is 5.31. The highest BCUT2D eigenvalue weighted by atomic mass is 19.3. The van der Waals surface area contributed by atoms with Crippen LogP contribution in [0.3, 0.4) is 0 Å². The maximum atomic E-state index is 14.2. The van der Waals surface area contributed by atoms with Crippen molar-refractivity contribution in [3.63, 3.8) is 0 Å². The predicted octanol–water partition coefficient (Wildman–Crippen LogP) is 2.63. The quantitative estimate of drug-likeness (QED) is 0.389. The third-order valence-electron chi connectivity index (χ3n) is 4.30. The van der Waals surface area contributed by atoms with Crippen LogP contribution in [0.25, 0.3) is 0 Å². The van der Waals surface area contributed by atoms with Crippen LogP contribution in [0.1, 0.15) is 25.3 Å². The van der Waals surface area contributed by atoms with Crippen molar-refractivity contribution in [3.05, 3.63) is 35.9 Å². The zero-order valence-electron chi connectivity index (χ0n) is 12.1. The third kappa shape index (κ3) is 3.50. The minimum absolute atomic E-state index is 0.0368. The van der Waals surface area contributed by atoms with Crippen LogP contribution in [0.15, 0.2) is 35.5 Å². The summed E-state index contributed by atoms with van der Waals surface area (Å²) in [6.07, 6.45) is 1.21. The molecule has 6 heteroatoms. The van der Waals surface area contributed by atoms with Crippen LogP contribution in [-0.2, 0) is 5.92 Å². The van der Waals surface area contributed by atoms with Crippen molar-refractivity contribution >= 4 is 5.84 Å². The first kappa shape index (κ1) is 15.7. The number of rotatable bonds is 4. The Bertz CT molecular complexity index is 497. The molecule has 0 aromatic heterocycles. The van der Waals surface area contributed by atoms with Gasteiger partial charge in [-0.3, -0.25) is 4.90 Å². The van der Waals surface area contributed by atoms with Gasteiger partial charge in [-0.25, -0.2) is 0 Å². The minimum Gasteiger partial charge on any atom is -0.409 e. The van der Waals surface area contributed by atoms with Crippen LogP contribution >= 0.6 is 0 Å². The van der Waals surface area contributed by atoms with Crippen molar-refractivity contribution in [2.75, 3.05) is 19.6 Å². The second-order valence-corrected chi connectivity index (χ2v) is 5.89. The van der Waals surface area contributed by atoms with Crippen molar-refractivity contribution < 1.29 is 14.0 Å². The molecule has 0 bridgehead atoms. The van der Waals surface area contributed by atoms with E-state index >= 15 is 0 Å². The van der Waals surface area contributed by atoms with Gasteiger partial charge in [-0.2, -0.15) is 8.78 Å². The number of nitrogens with two attached hydrogens (primary N) is 1. The van der Waals surface area contributed by atoms with Gasteiger partial charge < -0.3 is 10.9 Å². The van der Waals surface area contributed by atoms with Crippen molar-refractivity contribution in [2.45, 2.75) is 25.7 Å². The molecule has 0 unspecified atom stereocenters. The van der Waals surface area contributed by atoms with E-state index in [1.165, 1.54) is 12.1 Å². The van der Waals surface area contributed by atoms with Gasteiger partial charge in [-0.05, 0) is 25.9 Å². The van der Waals surface area contributed by atoms with E-state index in [1.54, 1.807) is 23.1 Å². The summed E-state index contributed by atoms with van der Waals surface area (Å²) in [7, 11) is 0. The highest BCUT2D eigenvalue weighted by Crippen LogP contribution is 2.34. The summed E-state index contributed by atoms with van der Waals surface area (Å²) >= 11 is 0. The summed E-state index contributed by atoms with van der Waals surface area (Å²) in [5.74, 6) is -2.69. The molecule has 0 spiro atoms. The number of hydrogen-bond acceptors (Lipinski definition) is 3. The average Bonchev–Trinajstić information content (AvgIpc) is 2.49. The van der Waals surface area contributed by atoms with E-state index in [0.717, 1.165) is 0 Å². The molecule has 116 valence electrons.